The van der Waals surface area contributed by atoms with E-state index in [0.717, 1.165) is 6.92 Å². The highest BCUT2D eigenvalue weighted by atomic mass is 32.2. The molecule has 0 saturated heterocycles. The van der Waals surface area contributed by atoms with E-state index in [9.17, 15) is 21.6 Å². The van der Waals surface area contributed by atoms with Crippen LogP contribution in [0.2, 0.25) is 0 Å². The Morgan fingerprint density at radius 2 is 1.50 bits per heavy atom. The molecule has 0 spiro atoms. The van der Waals surface area contributed by atoms with Gasteiger partial charge in [0.05, 0.1) is 19.0 Å². The lowest BCUT2D eigenvalue weighted by Gasteiger charge is -2.24. The van der Waals surface area contributed by atoms with Crippen LogP contribution in [-0.2, 0) is 9.84 Å². The van der Waals surface area contributed by atoms with Crippen molar-refractivity contribution in [2.75, 3.05) is 19.0 Å². The predicted octanol–water partition coefficient (Wildman–Crippen LogP) is -0.0881. The van der Waals surface area contributed by atoms with Gasteiger partial charge in [-0.15, -0.1) is 0 Å². The second-order valence-corrected chi connectivity index (χ2v) is 5.31. The lowest BCUT2D eigenvalue weighted by Crippen LogP contribution is -2.39. The van der Waals surface area contributed by atoms with Crippen LogP contribution in [-0.4, -0.2) is 43.1 Å². The molecular weight excluding hydrogens is 225 g/mol. The summed E-state index contributed by atoms with van der Waals surface area (Å²) < 4.78 is 56.9. The number of sulfone groups is 1. The van der Waals surface area contributed by atoms with Crippen molar-refractivity contribution in [3.8, 4) is 0 Å². The minimum absolute atomic E-state index is 0.835. The van der Waals surface area contributed by atoms with Crippen molar-refractivity contribution in [1.29, 1.82) is 0 Å². The number of hydrogen-bond donors (Lipinski definition) is 2. The first-order valence-electron chi connectivity index (χ1n) is 3.59. The Morgan fingerprint density at radius 1 is 1.14 bits per heavy atom. The number of aliphatic hydroxyl groups is 2. The fraction of sp³-hybridized carbons (Fsp3) is 1.00. The van der Waals surface area contributed by atoms with Gasteiger partial charge < -0.3 is 10.2 Å². The Hall–Kier alpha value is -0.340. The summed E-state index contributed by atoms with van der Waals surface area (Å²) >= 11 is 0. The van der Waals surface area contributed by atoms with Crippen LogP contribution < -0.4 is 0 Å². The summed E-state index contributed by atoms with van der Waals surface area (Å²) in [6, 6.07) is 0. The minimum atomic E-state index is -5.35. The molecule has 0 aliphatic carbocycles. The fourth-order valence-electron chi connectivity index (χ4n) is 0.682. The van der Waals surface area contributed by atoms with E-state index in [2.05, 4.69) is 0 Å². The van der Waals surface area contributed by atoms with Crippen molar-refractivity contribution in [2.45, 2.75) is 12.4 Å². The fourth-order valence-corrected chi connectivity index (χ4v) is 1.95. The van der Waals surface area contributed by atoms with Gasteiger partial charge in [0.25, 0.3) is 0 Å². The summed E-state index contributed by atoms with van der Waals surface area (Å²) in [5.41, 5.74) is -7.02. The highest BCUT2D eigenvalue weighted by Crippen LogP contribution is 2.29. The van der Waals surface area contributed by atoms with E-state index in [-0.39, 0.29) is 0 Å². The van der Waals surface area contributed by atoms with E-state index in [1.807, 2.05) is 0 Å². The van der Waals surface area contributed by atoms with Crippen LogP contribution in [0.3, 0.4) is 0 Å². The van der Waals surface area contributed by atoms with E-state index in [4.69, 9.17) is 10.2 Å². The molecule has 14 heavy (non-hydrogen) atoms. The predicted molar refractivity (Wildman–Crippen MR) is 42.1 cm³/mol. The first kappa shape index (κ1) is 13.7. The molecule has 0 rings (SSSR count). The third-order valence-corrected chi connectivity index (χ3v) is 3.44. The van der Waals surface area contributed by atoms with Crippen molar-refractivity contribution < 1.29 is 31.8 Å². The van der Waals surface area contributed by atoms with Gasteiger partial charge in [-0.3, -0.25) is 0 Å². The van der Waals surface area contributed by atoms with Crippen LogP contribution in [0.15, 0.2) is 0 Å². The molecule has 0 atom stereocenters. The largest absolute Gasteiger partial charge is 0.497 e. The van der Waals surface area contributed by atoms with Gasteiger partial charge in [-0.25, -0.2) is 8.42 Å². The molecule has 0 saturated carbocycles. The van der Waals surface area contributed by atoms with E-state index >= 15 is 0 Å². The first-order chi connectivity index (χ1) is 6.08. The van der Waals surface area contributed by atoms with Crippen LogP contribution in [0.1, 0.15) is 6.92 Å². The maximum Gasteiger partial charge on any atom is 0.497 e. The Bertz CT molecular complexity index is 278. The smallest absolute Gasteiger partial charge is 0.396 e. The van der Waals surface area contributed by atoms with Crippen molar-refractivity contribution in [3.05, 3.63) is 0 Å². The molecule has 0 aromatic rings. The maximum absolute atomic E-state index is 11.9. The van der Waals surface area contributed by atoms with Crippen molar-refractivity contribution in [1.82, 2.24) is 0 Å². The Morgan fingerprint density at radius 3 is 1.71 bits per heavy atom. The normalized spacial score (nSPS) is 14.4. The summed E-state index contributed by atoms with van der Waals surface area (Å²) in [7, 11) is -5.30. The number of halogens is 3. The topological polar surface area (TPSA) is 74.6 Å². The number of alkyl halides is 3. The van der Waals surface area contributed by atoms with Gasteiger partial charge >= 0.3 is 5.51 Å². The third kappa shape index (κ3) is 3.10. The molecule has 0 fully saturated rings. The van der Waals surface area contributed by atoms with Crippen molar-refractivity contribution >= 4 is 9.84 Å². The maximum atomic E-state index is 11.9. The quantitative estimate of drug-likeness (QED) is 0.715. The lowest BCUT2D eigenvalue weighted by atomic mass is 9.96. The molecule has 4 nitrogen and oxygen atoms in total. The van der Waals surface area contributed by atoms with Gasteiger partial charge in [-0.05, 0) is 0 Å². The molecule has 8 heteroatoms. The van der Waals surface area contributed by atoms with E-state index in [0.29, 0.717) is 0 Å². The number of hydrogen-bond acceptors (Lipinski definition) is 4. The van der Waals surface area contributed by atoms with Gasteiger partial charge in [0.15, 0.2) is 0 Å². The van der Waals surface area contributed by atoms with E-state index in [1.54, 1.807) is 0 Å². The van der Waals surface area contributed by atoms with Gasteiger partial charge in [0.1, 0.15) is 0 Å². The van der Waals surface area contributed by atoms with Crippen LogP contribution in [0.25, 0.3) is 0 Å². The average Bonchev–Trinajstić information content (AvgIpc) is 2.01. The van der Waals surface area contributed by atoms with Gasteiger partial charge in [-0.1, -0.05) is 6.92 Å². The lowest BCUT2D eigenvalue weighted by molar-refractivity contribution is -0.0451. The molecule has 0 aliphatic rings. The zero-order chi connectivity index (χ0) is 11.6. The van der Waals surface area contributed by atoms with Crippen molar-refractivity contribution in [2.24, 2.45) is 5.41 Å². The second kappa shape index (κ2) is 4.03. The summed E-state index contributed by atoms with van der Waals surface area (Å²) in [6.07, 6.45) is 0. The van der Waals surface area contributed by atoms with Crippen LogP contribution >= 0.6 is 0 Å². The molecule has 86 valence electrons. The summed E-state index contributed by atoms with van der Waals surface area (Å²) in [4.78, 5) is 0. The summed E-state index contributed by atoms with van der Waals surface area (Å²) in [5, 5.41) is 17.2. The second-order valence-electron chi connectivity index (χ2n) is 3.33. The Labute approximate surface area is 79.3 Å². The minimum Gasteiger partial charge on any atom is -0.396 e. The van der Waals surface area contributed by atoms with Gasteiger partial charge in [-0.2, -0.15) is 13.2 Å². The Balaban J connectivity index is 4.85. The molecule has 2 N–H and O–H groups in total. The molecule has 0 aliphatic heterocycles. The third-order valence-electron chi connectivity index (χ3n) is 1.65. The van der Waals surface area contributed by atoms with Gasteiger partial charge in [0.2, 0.25) is 9.84 Å². The molecule has 0 unspecified atom stereocenters. The molecule has 0 heterocycles. The SMILES string of the molecule is CC(CO)(CO)CS(=O)(=O)C(F)(F)F. The zero-order valence-electron chi connectivity index (χ0n) is 7.37. The molecule has 0 aromatic heterocycles. The molecule has 0 aromatic carbocycles. The van der Waals surface area contributed by atoms with E-state index < -0.39 is 39.7 Å². The highest BCUT2D eigenvalue weighted by Gasteiger charge is 2.48. The Kier molecular flexibility index (Phi) is 3.93. The molecule has 0 radical (unpaired) electrons. The van der Waals surface area contributed by atoms with Crippen LogP contribution in [0, 0.1) is 5.41 Å². The summed E-state index contributed by atoms with van der Waals surface area (Å²) in [6.45, 7) is -0.617. The first-order valence-corrected chi connectivity index (χ1v) is 5.24. The zero-order valence-corrected chi connectivity index (χ0v) is 8.19. The molecular formula is C6H11F3O4S. The van der Waals surface area contributed by atoms with E-state index in [1.165, 1.54) is 0 Å². The monoisotopic (exact) mass is 236 g/mol. The van der Waals surface area contributed by atoms with Crippen molar-refractivity contribution in [3.63, 3.8) is 0 Å². The molecule has 0 amide bonds. The van der Waals surface area contributed by atoms with Crippen LogP contribution in [0.5, 0.6) is 0 Å². The number of rotatable bonds is 4. The summed E-state index contributed by atoms with van der Waals surface area (Å²) in [5.74, 6) is -1.32. The average molecular weight is 236 g/mol. The highest BCUT2D eigenvalue weighted by molar-refractivity contribution is 7.92. The molecule has 0 bridgehead atoms. The number of aliphatic hydroxyl groups excluding tert-OH is 2. The van der Waals surface area contributed by atoms with Crippen LogP contribution in [0.4, 0.5) is 13.2 Å². The standard InChI is InChI=1S/C6H11F3O4S/c1-5(2-10,3-11)4-14(12,13)6(7,8)9/h10-11H,2-4H2,1H3. The van der Waals surface area contributed by atoms with Gasteiger partial charge in [0, 0.05) is 5.41 Å².